The van der Waals surface area contributed by atoms with Gasteiger partial charge in [-0.25, -0.2) is 4.79 Å². The number of fused-ring (bicyclic) bond motifs is 1. The number of amides is 2. The Bertz CT molecular complexity index is 682. The number of carbonyl (C=O) groups is 1. The molecule has 3 heterocycles. The minimum atomic E-state index is -0.121. The van der Waals surface area contributed by atoms with Gasteiger partial charge in [-0.15, -0.1) is 0 Å². The number of hydrogen-bond donors (Lipinski definition) is 2. The van der Waals surface area contributed by atoms with E-state index in [0.29, 0.717) is 34.9 Å². The topological polar surface area (TPSA) is 83.5 Å². The molecule has 22 heavy (non-hydrogen) atoms. The van der Waals surface area contributed by atoms with E-state index in [-0.39, 0.29) is 12.6 Å². The van der Waals surface area contributed by atoms with E-state index in [2.05, 4.69) is 10.4 Å². The third-order valence-electron chi connectivity index (χ3n) is 4.69. The lowest BCUT2D eigenvalue weighted by Gasteiger charge is -2.19. The Morgan fingerprint density at radius 1 is 1.50 bits per heavy atom. The molecule has 1 aliphatic heterocycles. The fraction of sp³-hybridized carbons (Fsp3) is 0.467. The summed E-state index contributed by atoms with van der Waals surface area (Å²) < 4.78 is 7.01. The number of aliphatic hydroxyl groups is 1. The number of hydrogen-bond acceptors (Lipinski definition) is 4. The van der Waals surface area contributed by atoms with E-state index in [0.717, 1.165) is 13.1 Å². The largest absolute Gasteiger partial charge is 0.463 e. The maximum atomic E-state index is 12.4. The number of aromatic nitrogens is 2. The summed E-state index contributed by atoms with van der Waals surface area (Å²) in [6.07, 6.45) is 3.35. The summed E-state index contributed by atoms with van der Waals surface area (Å²) in [5.41, 5.74) is 1.26. The van der Waals surface area contributed by atoms with Gasteiger partial charge in [0.05, 0.1) is 12.0 Å². The molecule has 2 amide bonds. The number of piperidine rings is 1. The summed E-state index contributed by atoms with van der Waals surface area (Å²) in [6, 6.07) is 3.48. The highest BCUT2D eigenvalue weighted by Gasteiger charge is 2.56. The first kappa shape index (κ1) is 13.4. The molecule has 2 aromatic heterocycles. The van der Waals surface area contributed by atoms with Crippen LogP contribution in [0, 0.1) is 17.8 Å². The van der Waals surface area contributed by atoms with Gasteiger partial charge < -0.3 is 19.7 Å². The third-order valence-corrected chi connectivity index (χ3v) is 4.69. The third kappa shape index (κ3) is 2.09. The number of aliphatic hydroxyl groups excluding tert-OH is 1. The minimum Gasteiger partial charge on any atom is -0.463 e. The zero-order valence-corrected chi connectivity index (χ0v) is 12.3. The van der Waals surface area contributed by atoms with Gasteiger partial charge in [-0.2, -0.15) is 5.10 Å². The number of furan rings is 1. The molecule has 2 aromatic rings. The smallest absolute Gasteiger partial charge is 0.321 e. The van der Waals surface area contributed by atoms with E-state index in [9.17, 15) is 9.90 Å². The predicted octanol–water partition coefficient (Wildman–Crippen LogP) is 1.38. The first-order valence-electron chi connectivity index (χ1n) is 7.41. The van der Waals surface area contributed by atoms with Gasteiger partial charge in [0, 0.05) is 32.9 Å². The molecule has 0 aromatic carbocycles. The molecule has 1 saturated carbocycles. The van der Waals surface area contributed by atoms with Crippen molar-refractivity contribution in [3.8, 4) is 11.5 Å². The van der Waals surface area contributed by atoms with E-state index >= 15 is 0 Å². The summed E-state index contributed by atoms with van der Waals surface area (Å²) in [5, 5.41) is 16.4. The van der Waals surface area contributed by atoms with Crippen LogP contribution >= 0.6 is 0 Å². The van der Waals surface area contributed by atoms with Crippen molar-refractivity contribution >= 4 is 11.7 Å². The molecule has 0 bridgehead atoms. The Kier molecular flexibility index (Phi) is 2.97. The van der Waals surface area contributed by atoms with E-state index in [4.69, 9.17) is 4.42 Å². The van der Waals surface area contributed by atoms with Gasteiger partial charge in [0.2, 0.25) is 0 Å². The lowest BCUT2D eigenvalue weighted by Crippen LogP contribution is -2.35. The first-order chi connectivity index (χ1) is 10.7. The molecule has 0 radical (unpaired) electrons. The number of nitrogens with zero attached hydrogens (tertiary/aromatic N) is 3. The van der Waals surface area contributed by atoms with E-state index in [1.807, 2.05) is 6.07 Å². The standard InChI is InChI=1S/C15H18N4O3/c1-18-7-12(14(17-18)13-3-2-4-22-13)16-15(21)19-5-9-10(6-19)11(9)8-20/h2-4,7,9-11,20H,5-6,8H2,1H3,(H,16,21)/t9-,10+,11?. The molecular formula is C15H18N4O3. The Hall–Kier alpha value is -2.28. The summed E-state index contributed by atoms with van der Waals surface area (Å²) >= 11 is 0. The molecule has 1 unspecified atom stereocenters. The van der Waals surface area contributed by atoms with Crippen LogP contribution in [-0.4, -0.2) is 45.5 Å². The number of carbonyl (C=O) groups excluding carboxylic acids is 1. The molecule has 7 heteroatoms. The molecular weight excluding hydrogens is 284 g/mol. The normalized spacial score (nSPS) is 26.1. The number of nitrogens with one attached hydrogen (secondary N) is 1. The van der Waals surface area contributed by atoms with Crippen molar-refractivity contribution in [2.45, 2.75) is 0 Å². The minimum absolute atomic E-state index is 0.121. The second-order valence-corrected chi connectivity index (χ2v) is 6.05. The Balaban J connectivity index is 1.47. The number of aryl methyl sites for hydroxylation is 1. The van der Waals surface area contributed by atoms with Gasteiger partial charge in [-0.1, -0.05) is 0 Å². The average Bonchev–Trinajstić information content (AvgIpc) is 2.98. The van der Waals surface area contributed by atoms with E-state index in [1.54, 1.807) is 35.2 Å². The van der Waals surface area contributed by atoms with Gasteiger partial charge in [0.1, 0.15) is 0 Å². The lowest BCUT2D eigenvalue weighted by molar-refractivity contribution is 0.203. The van der Waals surface area contributed by atoms with Crippen LogP contribution in [0.4, 0.5) is 10.5 Å². The van der Waals surface area contributed by atoms with Crippen LogP contribution in [0.3, 0.4) is 0 Å². The highest BCUT2D eigenvalue weighted by molar-refractivity contribution is 5.93. The SMILES string of the molecule is Cn1cc(NC(=O)N2C[C@@H]3C(CO)[C@@H]3C2)c(-c2ccco2)n1. The highest BCUT2D eigenvalue weighted by atomic mass is 16.3. The lowest BCUT2D eigenvalue weighted by atomic mass is 10.3. The number of urea groups is 1. The maximum absolute atomic E-state index is 12.4. The van der Waals surface area contributed by atoms with Gasteiger partial charge in [-0.3, -0.25) is 4.68 Å². The quantitative estimate of drug-likeness (QED) is 0.897. The zero-order chi connectivity index (χ0) is 15.3. The maximum Gasteiger partial charge on any atom is 0.321 e. The zero-order valence-electron chi connectivity index (χ0n) is 12.3. The summed E-state index contributed by atoms with van der Waals surface area (Å²) in [4.78, 5) is 14.2. The number of likely N-dealkylation sites (tertiary alicyclic amines) is 1. The first-order valence-corrected chi connectivity index (χ1v) is 7.41. The van der Waals surface area contributed by atoms with Gasteiger partial charge in [0.15, 0.2) is 11.5 Å². The fourth-order valence-corrected chi connectivity index (χ4v) is 3.46. The van der Waals surface area contributed by atoms with Crippen molar-refractivity contribution in [3.05, 3.63) is 24.6 Å². The van der Waals surface area contributed by atoms with Crippen LogP contribution in [-0.2, 0) is 7.05 Å². The number of anilines is 1. The molecule has 1 saturated heterocycles. The van der Waals surface area contributed by atoms with Crippen molar-refractivity contribution in [2.24, 2.45) is 24.8 Å². The van der Waals surface area contributed by atoms with Crippen molar-refractivity contribution in [1.29, 1.82) is 0 Å². The van der Waals surface area contributed by atoms with Crippen molar-refractivity contribution in [1.82, 2.24) is 14.7 Å². The van der Waals surface area contributed by atoms with Gasteiger partial charge in [-0.05, 0) is 29.9 Å². The number of rotatable bonds is 3. The fourth-order valence-electron chi connectivity index (χ4n) is 3.46. The van der Waals surface area contributed by atoms with Crippen LogP contribution in [0.25, 0.3) is 11.5 Å². The van der Waals surface area contributed by atoms with Crippen LogP contribution in [0.5, 0.6) is 0 Å². The van der Waals surface area contributed by atoms with Gasteiger partial charge in [0.25, 0.3) is 0 Å². The Morgan fingerprint density at radius 2 is 2.27 bits per heavy atom. The summed E-state index contributed by atoms with van der Waals surface area (Å²) in [5.74, 6) is 1.95. The predicted molar refractivity (Wildman–Crippen MR) is 79.1 cm³/mol. The van der Waals surface area contributed by atoms with Crippen LogP contribution in [0.1, 0.15) is 0 Å². The van der Waals surface area contributed by atoms with E-state index < -0.39 is 0 Å². The molecule has 3 atom stereocenters. The molecule has 2 aliphatic rings. The Labute approximate surface area is 127 Å². The average molecular weight is 302 g/mol. The molecule has 1 aliphatic carbocycles. The second-order valence-electron chi connectivity index (χ2n) is 6.05. The molecule has 2 fully saturated rings. The second kappa shape index (κ2) is 4.88. The van der Waals surface area contributed by atoms with Crippen LogP contribution < -0.4 is 5.32 Å². The summed E-state index contributed by atoms with van der Waals surface area (Å²) in [7, 11) is 1.80. The van der Waals surface area contributed by atoms with Crippen molar-refractivity contribution < 1.29 is 14.3 Å². The monoisotopic (exact) mass is 302 g/mol. The van der Waals surface area contributed by atoms with Crippen LogP contribution in [0.2, 0.25) is 0 Å². The van der Waals surface area contributed by atoms with Crippen molar-refractivity contribution in [3.63, 3.8) is 0 Å². The Morgan fingerprint density at radius 3 is 2.91 bits per heavy atom. The summed E-state index contributed by atoms with van der Waals surface area (Å²) in [6.45, 7) is 1.67. The van der Waals surface area contributed by atoms with Crippen molar-refractivity contribution in [2.75, 3.05) is 25.0 Å². The highest BCUT2D eigenvalue weighted by Crippen LogP contribution is 2.51. The molecule has 0 spiro atoms. The molecule has 4 rings (SSSR count). The van der Waals surface area contributed by atoms with Crippen LogP contribution in [0.15, 0.2) is 29.0 Å². The van der Waals surface area contributed by atoms with E-state index in [1.165, 1.54) is 0 Å². The van der Waals surface area contributed by atoms with Gasteiger partial charge >= 0.3 is 6.03 Å². The molecule has 2 N–H and O–H groups in total. The molecule has 7 nitrogen and oxygen atoms in total. The molecule has 116 valence electrons.